The van der Waals surface area contributed by atoms with Crippen LogP contribution in [0.25, 0.3) is 0 Å². The van der Waals surface area contributed by atoms with Crippen LogP contribution < -0.4 is 15.6 Å². The number of piperidine rings is 1. The molecule has 0 radical (unpaired) electrons. The first-order valence-corrected chi connectivity index (χ1v) is 9.77. The summed E-state index contributed by atoms with van der Waals surface area (Å²) in [6.45, 7) is 6.95. The van der Waals surface area contributed by atoms with Crippen LogP contribution in [0.4, 0.5) is 0 Å². The van der Waals surface area contributed by atoms with Crippen molar-refractivity contribution in [3.05, 3.63) is 29.3 Å². The lowest BCUT2D eigenvalue weighted by Crippen LogP contribution is -2.57. The van der Waals surface area contributed by atoms with E-state index in [1.54, 1.807) is 6.92 Å². The van der Waals surface area contributed by atoms with Crippen LogP contribution in [-0.4, -0.2) is 59.4 Å². The third-order valence-corrected chi connectivity index (χ3v) is 5.95. The van der Waals surface area contributed by atoms with Gasteiger partial charge in [-0.25, -0.2) is 5.43 Å². The minimum Gasteiger partial charge on any atom is -0.485 e. The molecule has 1 spiro atoms. The van der Waals surface area contributed by atoms with Crippen molar-refractivity contribution in [2.75, 3.05) is 26.2 Å². The van der Waals surface area contributed by atoms with Gasteiger partial charge in [-0.3, -0.25) is 15.0 Å². The molecule has 0 saturated carbocycles. The zero-order valence-electron chi connectivity index (χ0n) is 16.1. The Bertz CT molecular complexity index is 737. The summed E-state index contributed by atoms with van der Waals surface area (Å²) >= 11 is 0. The topological polar surface area (TPSA) is 73.9 Å². The minimum atomic E-state index is -0.426. The molecule has 3 heterocycles. The van der Waals surface area contributed by atoms with E-state index in [9.17, 15) is 9.59 Å². The van der Waals surface area contributed by atoms with Crippen LogP contribution >= 0.6 is 0 Å². The van der Waals surface area contributed by atoms with Crippen molar-refractivity contribution in [3.8, 4) is 5.75 Å². The summed E-state index contributed by atoms with van der Waals surface area (Å²) in [5.74, 6) is 1.08. The molecule has 2 amide bonds. The predicted molar refractivity (Wildman–Crippen MR) is 101 cm³/mol. The number of amides is 2. The number of aryl methyl sites for hydroxylation is 1. The molecule has 2 saturated heterocycles. The smallest absolute Gasteiger partial charge is 0.241 e. The number of rotatable bonds is 1. The van der Waals surface area contributed by atoms with E-state index in [-0.39, 0.29) is 17.9 Å². The van der Waals surface area contributed by atoms with E-state index in [0.717, 1.165) is 42.7 Å². The van der Waals surface area contributed by atoms with Crippen LogP contribution in [0.15, 0.2) is 18.2 Å². The van der Waals surface area contributed by atoms with Gasteiger partial charge in [0, 0.05) is 51.5 Å². The Hall–Kier alpha value is -2.12. The van der Waals surface area contributed by atoms with Gasteiger partial charge in [-0.1, -0.05) is 17.7 Å². The number of fused-ring (bicyclic) bond motifs is 1. The average molecular weight is 372 g/mol. The molecule has 146 valence electrons. The first-order chi connectivity index (χ1) is 13.0. The van der Waals surface area contributed by atoms with Crippen molar-refractivity contribution in [1.29, 1.82) is 0 Å². The molecular weight excluding hydrogens is 344 g/mol. The summed E-state index contributed by atoms with van der Waals surface area (Å²) in [6, 6.07) is 6.03. The SMILES string of the molecule is CC(=O)N1Cc2cc(C)ccc2OC2(CCN(C(=O)C3CCNN3)CC2)C1. The molecule has 27 heavy (non-hydrogen) atoms. The van der Waals surface area contributed by atoms with Gasteiger partial charge in [0.05, 0.1) is 6.54 Å². The summed E-state index contributed by atoms with van der Waals surface area (Å²) in [5.41, 5.74) is 7.87. The van der Waals surface area contributed by atoms with Gasteiger partial charge in [-0.2, -0.15) is 0 Å². The number of hydrazine groups is 1. The number of ether oxygens (including phenoxy) is 1. The third kappa shape index (κ3) is 3.66. The van der Waals surface area contributed by atoms with Crippen LogP contribution in [0.3, 0.4) is 0 Å². The highest BCUT2D eigenvalue weighted by Crippen LogP contribution is 2.36. The second-order valence-corrected chi connectivity index (χ2v) is 8.01. The number of carbonyl (C=O) groups excluding carboxylic acids is 2. The van der Waals surface area contributed by atoms with Crippen LogP contribution in [-0.2, 0) is 16.1 Å². The monoisotopic (exact) mass is 372 g/mol. The van der Waals surface area contributed by atoms with E-state index in [4.69, 9.17) is 4.74 Å². The van der Waals surface area contributed by atoms with Gasteiger partial charge in [-0.05, 0) is 19.4 Å². The van der Waals surface area contributed by atoms with Crippen LogP contribution in [0.1, 0.15) is 37.3 Å². The van der Waals surface area contributed by atoms with Gasteiger partial charge in [0.1, 0.15) is 17.4 Å². The molecule has 0 bridgehead atoms. The van der Waals surface area contributed by atoms with Crippen LogP contribution in [0.2, 0.25) is 0 Å². The van der Waals surface area contributed by atoms with E-state index in [2.05, 4.69) is 23.8 Å². The number of benzene rings is 1. The van der Waals surface area contributed by atoms with Crippen molar-refractivity contribution in [1.82, 2.24) is 20.7 Å². The molecule has 1 aromatic rings. The van der Waals surface area contributed by atoms with Gasteiger partial charge in [0.25, 0.3) is 0 Å². The van der Waals surface area contributed by atoms with Crippen molar-refractivity contribution in [2.24, 2.45) is 0 Å². The second kappa shape index (κ2) is 7.13. The Kier molecular flexibility index (Phi) is 4.82. The zero-order chi connectivity index (χ0) is 19.0. The van der Waals surface area contributed by atoms with E-state index in [1.807, 2.05) is 21.9 Å². The summed E-state index contributed by atoms with van der Waals surface area (Å²) in [5, 5.41) is 0. The number of hydrogen-bond donors (Lipinski definition) is 2. The molecule has 0 aromatic heterocycles. The summed E-state index contributed by atoms with van der Waals surface area (Å²) in [6.07, 6.45) is 2.29. The maximum atomic E-state index is 12.7. The van der Waals surface area contributed by atoms with E-state index in [1.165, 1.54) is 0 Å². The minimum absolute atomic E-state index is 0.0621. The normalized spacial score (nSPS) is 24.3. The zero-order valence-corrected chi connectivity index (χ0v) is 16.1. The largest absolute Gasteiger partial charge is 0.485 e. The summed E-state index contributed by atoms with van der Waals surface area (Å²) in [7, 11) is 0. The van der Waals surface area contributed by atoms with Crippen molar-refractivity contribution in [3.63, 3.8) is 0 Å². The quantitative estimate of drug-likeness (QED) is 0.768. The molecule has 3 aliphatic rings. The third-order valence-electron chi connectivity index (χ3n) is 5.95. The summed E-state index contributed by atoms with van der Waals surface area (Å²) < 4.78 is 6.51. The van der Waals surface area contributed by atoms with Gasteiger partial charge < -0.3 is 14.5 Å². The Labute approximate surface area is 160 Å². The highest BCUT2D eigenvalue weighted by Gasteiger charge is 2.43. The second-order valence-electron chi connectivity index (χ2n) is 8.01. The fraction of sp³-hybridized carbons (Fsp3) is 0.600. The lowest BCUT2D eigenvalue weighted by Gasteiger charge is -2.43. The van der Waals surface area contributed by atoms with E-state index >= 15 is 0 Å². The molecular formula is C20H28N4O3. The number of nitrogens with zero attached hydrogens (tertiary/aromatic N) is 2. The van der Waals surface area contributed by atoms with Gasteiger partial charge >= 0.3 is 0 Å². The highest BCUT2D eigenvalue weighted by molar-refractivity contribution is 5.82. The van der Waals surface area contributed by atoms with E-state index < -0.39 is 5.60 Å². The first kappa shape index (κ1) is 18.3. The van der Waals surface area contributed by atoms with Gasteiger partial charge in [-0.15, -0.1) is 0 Å². The molecule has 1 atom stereocenters. The van der Waals surface area contributed by atoms with Gasteiger partial charge in [0.2, 0.25) is 11.8 Å². The Morgan fingerprint density at radius 1 is 1.22 bits per heavy atom. The predicted octanol–water partition coefficient (Wildman–Crippen LogP) is 0.964. The lowest BCUT2D eigenvalue weighted by atomic mass is 9.90. The molecule has 7 heteroatoms. The number of nitrogens with one attached hydrogen (secondary N) is 2. The molecule has 1 unspecified atom stereocenters. The standard InChI is InChI=1S/C20H28N4O3/c1-14-3-4-18-16(11-14)12-24(15(2)25)13-20(27-18)6-9-23(10-7-20)19(26)17-5-8-21-22-17/h3-4,11,17,21-22H,5-10,12-13H2,1-2H3. The molecule has 1 aromatic carbocycles. The van der Waals surface area contributed by atoms with Crippen molar-refractivity contribution < 1.29 is 14.3 Å². The fourth-order valence-electron chi connectivity index (χ4n) is 4.31. The number of hydrogen-bond acceptors (Lipinski definition) is 5. The van der Waals surface area contributed by atoms with E-state index in [0.29, 0.717) is 26.2 Å². The fourth-order valence-corrected chi connectivity index (χ4v) is 4.31. The lowest BCUT2D eigenvalue weighted by molar-refractivity contribution is -0.139. The molecule has 3 aliphatic heterocycles. The van der Waals surface area contributed by atoms with Crippen LogP contribution in [0.5, 0.6) is 5.75 Å². The molecule has 4 rings (SSSR count). The van der Waals surface area contributed by atoms with Crippen molar-refractivity contribution in [2.45, 2.75) is 51.3 Å². The molecule has 0 aliphatic carbocycles. The number of carbonyl (C=O) groups is 2. The van der Waals surface area contributed by atoms with Gasteiger partial charge in [0.15, 0.2) is 0 Å². The van der Waals surface area contributed by atoms with Crippen molar-refractivity contribution >= 4 is 11.8 Å². The Balaban J connectivity index is 1.52. The summed E-state index contributed by atoms with van der Waals surface area (Å²) in [4.78, 5) is 28.7. The highest BCUT2D eigenvalue weighted by atomic mass is 16.5. The molecule has 2 fully saturated rings. The maximum absolute atomic E-state index is 12.7. The Morgan fingerprint density at radius 3 is 2.67 bits per heavy atom. The van der Waals surface area contributed by atoms with Crippen LogP contribution in [0, 0.1) is 6.92 Å². The molecule has 2 N–H and O–H groups in total. The average Bonchev–Trinajstić information content (AvgIpc) is 3.13. The maximum Gasteiger partial charge on any atom is 0.241 e. The Morgan fingerprint density at radius 2 is 2.00 bits per heavy atom. The first-order valence-electron chi connectivity index (χ1n) is 9.77. The molecule has 7 nitrogen and oxygen atoms in total. The number of likely N-dealkylation sites (tertiary alicyclic amines) is 1.